The van der Waals surface area contributed by atoms with E-state index in [4.69, 9.17) is 0 Å². The molecule has 11 heteroatoms. The van der Waals surface area contributed by atoms with Crippen LogP contribution in [-0.2, 0) is 14.8 Å². The third kappa shape index (κ3) is 4.54. The Bertz CT molecular complexity index is 733. The molecule has 1 atom stereocenters. The van der Waals surface area contributed by atoms with Gasteiger partial charge in [-0.25, -0.2) is 12.8 Å². The number of carboxylic acid groups (broad SMARTS) is 1. The fourth-order valence-corrected chi connectivity index (χ4v) is 4.84. The standard InChI is InChI=1S/C14H18FN3O5S2/c1-18-8-6-14(7-9-18,24-17-21)12(13(19)20)16-25(22,23)11-4-2-10(15)3-5-11/h2-5,12,16H,6-9H2,1H3,(H,19,20). The third-order valence-electron chi connectivity index (χ3n) is 4.22. The largest absolute Gasteiger partial charge is 0.480 e. The summed E-state index contributed by atoms with van der Waals surface area (Å²) < 4.78 is 41.7. The van der Waals surface area contributed by atoms with Crippen LogP contribution in [0, 0.1) is 10.7 Å². The van der Waals surface area contributed by atoms with Crippen LogP contribution in [0.2, 0.25) is 0 Å². The van der Waals surface area contributed by atoms with Gasteiger partial charge < -0.3 is 10.0 Å². The lowest BCUT2D eigenvalue weighted by molar-refractivity contribution is -0.140. The molecule has 0 amide bonds. The number of nitroso groups, excluding NO2 is 1. The van der Waals surface area contributed by atoms with E-state index in [-0.39, 0.29) is 17.7 Å². The summed E-state index contributed by atoms with van der Waals surface area (Å²) in [4.78, 5) is 24.3. The number of halogens is 1. The van der Waals surface area contributed by atoms with Gasteiger partial charge in [0.05, 0.1) is 9.64 Å². The van der Waals surface area contributed by atoms with Gasteiger partial charge in [-0.2, -0.15) is 4.72 Å². The van der Waals surface area contributed by atoms with E-state index in [1.165, 1.54) is 0 Å². The number of nitrogens with one attached hydrogen (secondary N) is 1. The van der Waals surface area contributed by atoms with Crippen LogP contribution >= 0.6 is 11.9 Å². The van der Waals surface area contributed by atoms with Crippen molar-refractivity contribution in [2.75, 3.05) is 20.1 Å². The molecule has 1 aromatic rings. The van der Waals surface area contributed by atoms with Crippen LogP contribution in [0.1, 0.15) is 12.8 Å². The predicted molar refractivity (Wildman–Crippen MR) is 91.0 cm³/mol. The summed E-state index contributed by atoms with van der Waals surface area (Å²) in [5.41, 5.74) is 0. The summed E-state index contributed by atoms with van der Waals surface area (Å²) >= 11 is 0.551. The lowest BCUT2D eigenvalue weighted by Gasteiger charge is -2.41. The monoisotopic (exact) mass is 391 g/mol. The summed E-state index contributed by atoms with van der Waals surface area (Å²) in [7, 11) is -2.36. The van der Waals surface area contributed by atoms with Gasteiger partial charge >= 0.3 is 5.97 Å². The molecular weight excluding hydrogens is 373 g/mol. The lowest BCUT2D eigenvalue weighted by atomic mass is 9.89. The maximum absolute atomic E-state index is 13.0. The number of aliphatic carboxylic acids is 1. The van der Waals surface area contributed by atoms with Gasteiger partial charge in [-0.1, -0.05) is 0 Å². The van der Waals surface area contributed by atoms with E-state index in [0.717, 1.165) is 24.3 Å². The van der Waals surface area contributed by atoms with Crippen molar-refractivity contribution in [1.29, 1.82) is 0 Å². The highest BCUT2D eigenvalue weighted by atomic mass is 32.2. The molecule has 8 nitrogen and oxygen atoms in total. The Balaban J connectivity index is 2.34. The first-order chi connectivity index (χ1) is 11.7. The fourth-order valence-electron chi connectivity index (χ4n) is 2.72. The SMILES string of the molecule is CN1CCC(SN=O)(C(NS(=O)(=O)c2ccc(F)cc2)C(=O)O)CC1. The normalized spacial score (nSPS) is 19.3. The molecule has 2 rings (SSSR count). The summed E-state index contributed by atoms with van der Waals surface area (Å²) in [6.45, 7) is 1.01. The molecule has 0 spiro atoms. The highest BCUT2D eigenvalue weighted by molar-refractivity contribution is 7.99. The van der Waals surface area contributed by atoms with Crippen LogP contribution in [0.4, 0.5) is 4.39 Å². The smallest absolute Gasteiger partial charge is 0.323 e. The van der Waals surface area contributed by atoms with E-state index in [1.807, 2.05) is 11.9 Å². The third-order valence-corrected chi connectivity index (χ3v) is 6.74. The summed E-state index contributed by atoms with van der Waals surface area (Å²) in [6, 6.07) is 2.49. The zero-order valence-corrected chi connectivity index (χ0v) is 15.0. The van der Waals surface area contributed by atoms with Crippen molar-refractivity contribution >= 4 is 27.9 Å². The molecule has 0 aliphatic carbocycles. The first kappa shape index (κ1) is 19.8. The number of carbonyl (C=O) groups is 1. The van der Waals surface area contributed by atoms with Crippen molar-refractivity contribution in [2.24, 2.45) is 4.58 Å². The van der Waals surface area contributed by atoms with Gasteiger partial charge in [0, 0.05) is 16.5 Å². The Morgan fingerprint density at radius 3 is 2.40 bits per heavy atom. The van der Waals surface area contributed by atoms with Gasteiger partial charge in [-0.3, -0.25) is 4.79 Å². The minimum atomic E-state index is -4.21. The molecule has 0 saturated carbocycles. The van der Waals surface area contributed by atoms with Gasteiger partial charge in [-0.15, -0.1) is 4.91 Å². The molecule has 1 saturated heterocycles. The predicted octanol–water partition coefficient (Wildman–Crippen LogP) is 1.44. The molecule has 0 radical (unpaired) electrons. The second kappa shape index (κ2) is 7.77. The Hall–Kier alpha value is -1.56. The topological polar surface area (TPSA) is 116 Å². The van der Waals surface area contributed by atoms with E-state index in [0.29, 0.717) is 25.0 Å². The van der Waals surface area contributed by atoms with Gasteiger partial charge in [0.1, 0.15) is 11.9 Å². The van der Waals surface area contributed by atoms with E-state index in [2.05, 4.69) is 9.30 Å². The number of carboxylic acids is 1. The zero-order chi connectivity index (χ0) is 18.7. The van der Waals surface area contributed by atoms with E-state index in [9.17, 15) is 27.6 Å². The maximum atomic E-state index is 13.0. The van der Waals surface area contributed by atoms with Gasteiger partial charge in [0.2, 0.25) is 10.0 Å². The molecule has 0 bridgehead atoms. The number of hydrogen-bond acceptors (Lipinski definition) is 7. The molecular formula is C14H18FN3O5S2. The van der Waals surface area contributed by atoms with Crippen LogP contribution in [-0.4, -0.2) is 55.3 Å². The number of hydrogen-bond donors (Lipinski definition) is 2. The molecule has 25 heavy (non-hydrogen) atoms. The number of rotatable bonds is 7. The van der Waals surface area contributed by atoms with Gasteiger partial charge in [0.25, 0.3) is 0 Å². The van der Waals surface area contributed by atoms with Crippen molar-refractivity contribution in [3.63, 3.8) is 0 Å². The zero-order valence-electron chi connectivity index (χ0n) is 13.4. The molecule has 2 N–H and O–H groups in total. The Kier molecular flexibility index (Phi) is 6.14. The van der Waals surface area contributed by atoms with Crippen molar-refractivity contribution in [2.45, 2.75) is 28.5 Å². The molecule has 1 aromatic carbocycles. The van der Waals surface area contributed by atoms with E-state index < -0.39 is 32.6 Å². The lowest BCUT2D eigenvalue weighted by Crippen LogP contribution is -2.58. The van der Waals surface area contributed by atoms with E-state index >= 15 is 0 Å². The summed E-state index contributed by atoms with van der Waals surface area (Å²) in [5, 5.41) is 9.58. The molecule has 1 heterocycles. The first-order valence-corrected chi connectivity index (χ1v) is 9.66. The molecule has 1 unspecified atom stereocenters. The quantitative estimate of drug-likeness (QED) is 0.533. The number of piperidine rings is 1. The second-order valence-corrected chi connectivity index (χ2v) is 8.74. The van der Waals surface area contributed by atoms with Crippen molar-refractivity contribution in [3.05, 3.63) is 35.0 Å². The minimum Gasteiger partial charge on any atom is -0.480 e. The molecule has 1 aliphatic rings. The van der Waals surface area contributed by atoms with E-state index in [1.54, 1.807) is 0 Å². The fraction of sp³-hybridized carbons (Fsp3) is 0.500. The Labute approximate surface area is 148 Å². The molecule has 1 fully saturated rings. The van der Waals surface area contributed by atoms with Crippen LogP contribution in [0.25, 0.3) is 0 Å². The van der Waals surface area contributed by atoms with Crippen molar-refractivity contribution < 1.29 is 22.7 Å². The van der Waals surface area contributed by atoms with Crippen LogP contribution in [0.15, 0.2) is 33.7 Å². The second-order valence-electron chi connectivity index (χ2n) is 5.88. The number of nitrogens with zero attached hydrogens (tertiary/aromatic N) is 2. The minimum absolute atomic E-state index is 0.257. The number of benzene rings is 1. The van der Waals surface area contributed by atoms with Crippen molar-refractivity contribution in [1.82, 2.24) is 9.62 Å². The van der Waals surface area contributed by atoms with Crippen LogP contribution < -0.4 is 4.72 Å². The molecule has 0 aromatic heterocycles. The van der Waals surface area contributed by atoms with Crippen molar-refractivity contribution in [3.8, 4) is 0 Å². The number of sulfonamides is 1. The molecule has 138 valence electrons. The average molecular weight is 391 g/mol. The first-order valence-electron chi connectivity index (χ1n) is 7.40. The maximum Gasteiger partial charge on any atom is 0.323 e. The van der Waals surface area contributed by atoms with Crippen LogP contribution in [0.3, 0.4) is 0 Å². The average Bonchev–Trinajstić information content (AvgIpc) is 2.55. The highest BCUT2D eigenvalue weighted by Crippen LogP contribution is 2.40. The molecule has 1 aliphatic heterocycles. The Morgan fingerprint density at radius 1 is 1.36 bits per heavy atom. The summed E-state index contributed by atoms with van der Waals surface area (Å²) in [5.74, 6) is -2.01. The highest BCUT2D eigenvalue weighted by Gasteiger charge is 2.48. The summed E-state index contributed by atoms with van der Waals surface area (Å²) in [6.07, 6.45) is 0.561. The van der Waals surface area contributed by atoms with Gasteiger partial charge in [-0.05, 0) is 57.2 Å². The Morgan fingerprint density at radius 2 is 1.92 bits per heavy atom. The number of likely N-dealkylation sites (tertiary alicyclic amines) is 1. The van der Waals surface area contributed by atoms with Crippen LogP contribution in [0.5, 0.6) is 0 Å². The van der Waals surface area contributed by atoms with Gasteiger partial charge in [0.15, 0.2) is 0 Å².